The van der Waals surface area contributed by atoms with E-state index in [1.54, 1.807) is 41.9 Å². The van der Waals surface area contributed by atoms with Crippen molar-refractivity contribution in [2.45, 2.75) is 24.5 Å². The minimum absolute atomic E-state index is 0.0927. The van der Waals surface area contributed by atoms with E-state index in [0.717, 1.165) is 24.1 Å². The molecule has 5 rings (SSSR count). The molecule has 2 aliphatic rings. The summed E-state index contributed by atoms with van der Waals surface area (Å²) in [4.78, 5) is 30.0. The second kappa shape index (κ2) is 8.11. The predicted octanol–water partition coefficient (Wildman–Crippen LogP) is 4.41. The van der Waals surface area contributed by atoms with Gasteiger partial charge in [0, 0.05) is 16.5 Å². The van der Waals surface area contributed by atoms with Crippen molar-refractivity contribution in [2.75, 3.05) is 6.61 Å². The molecule has 8 heteroatoms. The number of hydrogen-bond acceptors (Lipinski definition) is 6. The molecule has 162 valence electrons. The summed E-state index contributed by atoms with van der Waals surface area (Å²) in [6.07, 6.45) is 3.43. The van der Waals surface area contributed by atoms with Crippen molar-refractivity contribution in [2.24, 2.45) is 0 Å². The number of hydrogen-bond donors (Lipinski definition) is 1. The summed E-state index contributed by atoms with van der Waals surface area (Å²) in [6.45, 7) is 2.07. The molecule has 32 heavy (non-hydrogen) atoms. The third kappa shape index (κ3) is 3.91. The molecule has 1 saturated carbocycles. The first-order valence-corrected chi connectivity index (χ1v) is 12.3. The maximum atomic E-state index is 12.9. The zero-order valence-corrected chi connectivity index (χ0v) is 18.9. The quantitative estimate of drug-likeness (QED) is 0.565. The molecule has 1 aliphatic carbocycles. The van der Waals surface area contributed by atoms with Crippen LogP contribution >= 0.6 is 11.3 Å². The maximum absolute atomic E-state index is 12.9. The van der Waals surface area contributed by atoms with Crippen LogP contribution in [0.3, 0.4) is 0 Å². The molecule has 1 aliphatic heterocycles. The van der Waals surface area contributed by atoms with Gasteiger partial charge in [0.15, 0.2) is 5.78 Å². The van der Waals surface area contributed by atoms with Crippen LogP contribution in [0.15, 0.2) is 58.9 Å². The summed E-state index contributed by atoms with van der Waals surface area (Å²) in [6, 6.07) is 12.4. The molecule has 1 amide bonds. The molecule has 1 aromatic heterocycles. The van der Waals surface area contributed by atoms with Gasteiger partial charge in [-0.2, -0.15) is 0 Å². The van der Waals surface area contributed by atoms with Crippen molar-refractivity contribution < 1.29 is 18.5 Å². The molecule has 3 aromatic rings. The van der Waals surface area contributed by atoms with Gasteiger partial charge in [0.25, 0.3) is 5.91 Å². The van der Waals surface area contributed by atoms with Crippen LogP contribution in [0, 0.1) is 0 Å². The van der Waals surface area contributed by atoms with Gasteiger partial charge in [-0.15, -0.1) is 11.3 Å². The average Bonchev–Trinajstić information content (AvgIpc) is 3.35. The van der Waals surface area contributed by atoms with E-state index in [4.69, 9.17) is 4.74 Å². The number of thiazole rings is 1. The fourth-order valence-electron chi connectivity index (χ4n) is 3.53. The minimum atomic E-state index is -1.43. The van der Waals surface area contributed by atoms with Crippen LogP contribution in [-0.4, -0.2) is 32.2 Å². The topological polar surface area (TPSA) is 85.4 Å². The highest BCUT2D eigenvalue weighted by Crippen LogP contribution is 2.40. The smallest absolute Gasteiger partial charge is 0.263 e. The van der Waals surface area contributed by atoms with Crippen LogP contribution in [0.1, 0.15) is 46.2 Å². The van der Waals surface area contributed by atoms with Crippen LogP contribution in [0.5, 0.6) is 5.75 Å². The van der Waals surface area contributed by atoms with E-state index < -0.39 is 11.0 Å². The van der Waals surface area contributed by atoms with Crippen molar-refractivity contribution >= 4 is 40.1 Å². The first kappa shape index (κ1) is 20.8. The van der Waals surface area contributed by atoms with Crippen molar-refractivity contribution in [3.05, 3.63) is 75.7 Å². The minimum Gasteiger partial charge on any atom is -0.488 e. The van der Waals surface area contributed by atoms with E-state index in [1.165, 1.54) is 11.3 Å². The molecule has 6 nitrogen and oxygen atoms in total. The molecule has 2 aromatic carbocycles. The van der Waals surface area contributed by atoms with Gasteiger partial charge in [-0.05, 0) is 55.2 Å². The lowest BCUT2D eigenvalue weighted by molar-refractivity contribution is 0.0979. The van der Waals surface area contributed by atoms with E-state index in [-0.39, 0.29) is 23.0 Å². The number of rotatable bonds is 5. The SMILES string of the molecule is CC1(S(=O)NC(=O)c2ccccc2-c2ccc3c(c2)OC/C(=C\c2cscn2)C3=O)CC1. The molecule has 0 bridgehead atoms. The molecule has 1 N–H and O–H groups in total. The van der Waals surface area contributed by atoms with Crippen molar-refractivity contribution in [1.29, 1.82) is 0 Å². The molecule has 0 saturated heterocycles. The monoisotopic (exact) mass is 464 g/mol. The van der Waals surface area contributed by atoms with E-state index >= 15 is 0 Å². The number of nitrogens with zero attached hydrogens (tertiary/aromatic N) is 1. The van der Waals surface area contributed by atoms with Gasteiger partial charge in [-0.1, -0.05) is 24.3 Å². The highest BCUT2D eigenvalue weighted by atomic mass is 32.2. The lowest BCUT2D eigenvalue weighted by Crippen LogP contribution is -2.33. The summed E-state index contributed by atoms with van der Waals surface area (Å²) in [5, 5.41) is 1.87. The Kier molecular flexibility index (Phi) is 5.27. The normalized spacial score (nSPS) is 18.5. The Bertz CT molecular complexity index is 1280. The maximum Gasteiger partial charge on any atom is 0.263 e. The largest absolute Gasteiger partial charge is 0.488 e. The van der Waals surface area contributed by atoms with Gasteiger partial charge in [-0.3, -0.25) is 14.3 Å². The zero-order valence-electron chi connectivity index (χ0n) is 17.3. The fraction of sp³-hybridized carbons (Fsp3) is 0.208. The summed E-state index contributed by atoms with van der Waals surface area (Å²) in [7, 11) is -1.43. The van der Waals surface area contributed by atoms with Crippen LogP contribution in [-0.2, 0) is 11.0 Å². The van der Waals surface area contributed by atoms with Gasteiger partial charge < -0.3 is 4.74 Å². The highest BCUT2D eigenvalue weighted by molar-refractivity contribution is 7.85. The van der Waals surface area contributed by atoms with Crippen molar-refractivity contribution in [1.82, 2.24) is 9.71 Å². The van der Waals surface area contributed by atoms with Gasteiger partial charge in [0.2, 0.25) is 0 Å². The molecule has 1 fully saturated rings. The molecular formula is C24H20N2O4S2. The second-order valence-electron chi connectivity index (χ2n) is 8.11. The molecule has 0 radical (unpaired) electrons. The fourth-order valence-corrected chi connectivity index (χ4v) is 5.04. The lowest BCUT2D eigenvalue weighted by atomic mass is 9.94. The van der Waals surface area contributed by atoms with Crippen LogP contribution in [0.4, 0.5) is 0 Å². The van der Waals surface area contributed by atoms with Crippen molar-refractivity contribution in [3.8, 4) is 16.9 Å². The number of fused-ring (bicyclic) bond motifs is 1. The number of amides is 1. The number of aromatic nitrogens is 1. The number of carbonyl (C=O) groups excluding carboxylic acids is 2. The summed E-state index contributed by atoms with van der Waals surface area (Å²) < 4.78 is 20.6. The summed E-state index contributed by atoms with van der Waals surface area (Å²) >= 11 is 1.47. The molecule has 0 spiro atoms. The van der Waals surface area contributed by atoms with Gasteiger partial charge in [0.1, 0.15) is 23.3 Å². The Morgan fingerprint density at radius 1 is 1.22 bits per heavy atom. The molecule has 2 heterocycles. The van der Waals surface area contributed by atoms with E-state index in [9.17, 15) is 13.8 Å². The number of Topliss-reactive ketones (excluding diaryl/α,β-unsaturated/α-hetero) is 1. The predicted molar refractivity (Wildman–Crippen MR) is 125 cm³/mol. The molecule has 1 atom stereocenters. The first-order chi connectivity index (χ1) is 15.4. The Morgan fingerprint density at radius 2 is 2.03 bits per heavy atom. The van der Waals surface area contributed by atoms with Crippen LogP contribution in [0.25, 0.3) is 17.2 Å². The van der Waals surface area contributed by atoms with Gasteiger partial charge in [0.05, 0.1) is 21.5 Å². The zero-order chi connectivity index (χ0) is 22.3. The van der Waals surface area contributed by atoms with Crippen LogP contribution in [0.2, 0.25) is 0 Å². The van der Waals surface area contributed by atoms with Crippen LogP contribution < -0.4 is 9.46 Å². The molecule has 1 unspecified atom stereocenters. The lowest BCUT2D eigenvalue weighted by Gasteiger charge is -2.20. The number of ether oxygens (including phenoxy) is 1. The van der Waals surface area contributed by atoms with Crippen molar-refractivity contribution in [3.63, 3.8) is 0 Å². The third-order valence-corrected chi connectivity index (χ3v) is 8.02. The van der Waals surface area contributed by atoms with E-state index in [0.29, 0.717) is 28.0 Å². The standard InChI is InChI=1S/C24H20N2O4S2/c1-24(8-9-24)32(29)26-23(28)19-5-3-2-4-18(19)15-6-7-20-21(11-15)30-12-16(22(20)27)10-17-13-31-14-25-17/h2-7,10-11,13-14H,8-9,12H2,1H3,(H,26,28)/b16-10+. The molecular weight excluding hydrogens is 444 g/mol. The Balaban J connectivity index is 1.43. The second-order valence-corrected chi connectivity index (χ2v) is 10.6. The Labute approximate surface area is 191 Å². The number of carbonyl (C=O) groups is 2. The summed E-state index contributed by atoms with van der Waals surface area (Å²) in [5.41, 5.74) is 5.34. The third-order valence-electron chi connectivity index (χ3n) is 5.74. The highest BCUT2D eigenvalue weighted by Gasteiger charge is 2.44. The van der Waals surface area contributed by atoms with Gasteiger partial charge >= 0.3 is 0 Å². The number of benzene rings is 2. The Morgan fingerprint density at radius 3 is 2.78 bits per heavy atom. The Hall–Kier alpha value is -3.10. The van der Waals surface area contributed by atoms with E-state index in [1.807, 2.05) is 24.4 Å². The summed E-state index contributed by atoms with van der Waals surface area (Å²) in [5.74, 6) is 0.00682. The number of nitrogens with one attached hydrogen (secondary N) is 1. The van der Waals surface area contributed by atoms with E-state index in [2.05, 4.69) is 9.71 Å². The number of ketones is 1. The van der Waals surface area contributed by atoms with Gasteiger partial charge in [-0.25, -0.2) is 9.19 Å². The average molecular weight is 465 g/mol. The first-order valence-electron chi connectivity index (χ1n) is 10.2.